The average Bonchev–Trinajstić information content (AvgIpc) is 3.16. The molecule has 0 saturated carbocycles. The van der Waals surface area contributed by atoms with Crippen molar-refractivity contribution in [1.29, 1.82) is 5.26 Å². The number of piperidine rings is 1. The number of carbonyl (C=O) groups excluding carboxylic acids is 1. The summed E-state index contributed by atoms with van der Waals surface area (Å²) in [6, 6.07) is 10.8. The van der Waals surface area contributed by atoms with Crippen molar-refractivity contribution in [2.75, 3.05) is 20.1 Å². The number of carbonyl (C=O) groups is 1. The molecule has 1 aliphatic rings. The minimum Gasteiger partial charge on any atom is -0.349 e. The summed E-state index contributed by atoms with van der Waals surface area (Å²) >= 11 is 0. The van der Waals surface area contributed by atoms with Gasteiger partial charge in [0.1, 0.15) is 0 Å². The van der Waals surface area contributed by atoms with Gasteiger partial charge in [-0.15, -0.1) is 0 Å². The van der Waals surface area contributed by atoms with Crippen molar-refractivity contribution in [1.82, 2.24) is 25.0 Å². The molecule has 0 spiro atoms. The van der Waals surface area contributed by atoms with Crippen molar-refractivity contribution >= 4 is 5.91 Å². The summed E-state index contributed by atoms with van der Waals surface area (Å²) in [5.41, 5.74) is 2.86. The maximum atomic E-state index is 12.9. The fourth-order valence-corrected chi connectivity index (χ4v) is 3.84. The molecule has 0 atom stereocenters. The smallest absolute Gasteiger partial charge is 0.280 e. The molecule has 3 heterocycles. The lowest BCUT2D eigenvalue weighted by molar-refractivity contribution is 0.0916. The molecule has 0 bridgehead atoms. The van der Waals surface area contributed by atoms with E-state index in [1.54, 1.807) is 36.5 Å². The molecule has 2 N–H and O–H groups in total. The van der Waals surface area contributed by atoms with Crippen molar-refractivity contribution < 1.29 is 4.79 Å². The van der Waals surface area contributed by atoms with Gasteiger partial charge in [-0.2, -0.15) is 5.26 Å². The maximum Gasteiger partial charge on any atom is 0.280 e. The van der Waals surface area contributed by atoms with E-state index in [1.807, 2.05) is 6.92 Å². The lowest BCUT2D eigenvalue weighted by Crippen LogP contribution is -2.43. The van der Waals surface area contributed by atoms with E-state index in [4.69, 9.17) is 5.26 Å². The number of benzene rings is 1. The third kappa shape index (κ3) is 4.27. The quantitative estimate of drug-likeness (QED) is 0.678. The summed E-state index contributed by atoms with van der Waals surface area (Å²) in [6.07, 6.45) is 4.98. The van der Waals surface area contributed by atoms with E-state index in [1.165, 1.54) is 10.9 Å². The largest absolute Gasteiger partial charge is 0.349 e. The Morgan fingerprint density at radius 1 is 1.23 bits per heavy atom. The van der Waals surface area contributed by atoms with Gasteiger partial charge in [0.15, 0.2) is 5.82 Å². The van der Waals surface area contributed by atoms with E-state index >= 15 is 0 Å². The molecule has 0 radical (unpaired) electrons. The molecular formula is C23H24N6O2. The number of likely N-dealkylation sites (tertiary alicyclic amines) is 1. The molecule has 1 saturated heterocycles. The topological polar surface area (TPSA) is 107 Å². The lowest BCUT2D eigenvalue weighted by atomic mass is 10.0. The molecular weight excluding hydrogens is 392 g/mol. The maximum absolute atomic E-state index is 12.9. The SMILES string of the molecule is Cc1cc(C#N)ccc1-c1c[nH]n(-c2ccc(C(=O)NC3CCN(C)CC3)cn2)c1=O. The Labute approximate surface area is 180 Å². The molecule has 0 unspecified atom stereocenters. The standard InChI is InChI=1S/C23H24N6O2/c1-15-11-16(12-24)3-5-19(15)20-14-26-29(23(20)31)21-6-4-17(13-25-21)22(30)27-18-7-9-28(2)10-8-18/h3-6,11,13-14,18,26H,7-10H2,1-2H3,(H,27,30). The van der Waals surface area contributed by atoms with E-state index in [0.717, 1.165) is 37.1 Å². The summed E-state index contributed by atoms with van der Waals surface area (Å²) in [6.45, 7) is 3.81. The Morgan fingerprint density at radius 3 is 2.65 bits per heavy atom. The molecule has 4 rings (SSSR count). The molecule has 8 nitrogen and oxygen atoms in total. The molecule has 0 aliphatic carbocycles. The first kappa shape index (κ1) is 20.6. The number of nitrogens with one attached hydrogen (secondary N) is 2. The van der Waals surface area contributed by atoms with Crippen molar-refractivity contribution in [3.05, 3.63) is 69.8 Å². The normalized spacial score (nSPS) is 14.9. The fourth-order valence-electron chi connectivity index (χ4n) is 3.84. The predicted molar refractivity (Wildman–Crippen MR) is 117 cm³/mol. The molecule has 31 heavy (non-hydrogen) atoms. The fraction of sp³-hybridized carbons (Fsp3) is 0.304. The monoisotopic (exact) mass is 416 g/mol. The number of aromatic amines is 1. The second kappa shape index (κ2) is 8.58. The summed E-state index contributed by atoms with van der Waals surface area (Å²) in [7, 11) is 2.08. The van der Waals surface area contributed by atoms with Gasteiger partial charge in [-0.1, -0.05) is 6.07 Å². The minimum absolute atomic E-state index is 0.152. The number of amides is 1. The third-order valence-electron chi connectivity index (χ3n) is 5.71. The van der Waals surface area contributed by atoms with Crippen molar-refractivity contribution in [2.24, 2.45) is 0 Å². The number of nitrogens with zero attached hydrogens (tertiary/aromatic N) is 4. The number of H-pyrrole nitrogens is 1. The molecule has 1 amide bonds. The highest BCUT2D eigenvalue weighted by molar-refractivity contribution is 5.94. The number of nitriles is 1. The zero-order valence-corrected chi connectivity index (χ0v) is 17.6. The van der Waals surface area contributed by atoms with E-state index in [2.05, 4.69) is 33.4 Å². The van der Waals surface area contributed by atoms with Gasteiger partial charge in [-0.3, -0.25) is 14.7 Å². The zero-order chi connectivity index (χ0) is 22.0. The Balaban J connectivity index is 1.52. The van der Waals surface area contributed by atoms with Gasteiger partial charge in [0.2, 0.25) is 0 Å². The highest BCUT2D eigenvalue weighted by atomic mass is 16.2. The highest BCUT2D eigenvalue weighted by Gasteiger charge is 2.19. The van der Waals surface area contributed by atoms with E-state index in [-0.39, 0.29) is 17.5 Å². The molecule has 1 aromatic carbocycles. The van der Waals surface area contributed by atoms with E-state index < -0.39 is 0 Å². The Hall–Kier alpha value is -3.70. The lowest BCUT2D eigenvalue weighted by Gasteiger charge is -2.29. The van der Waals surface area contributed by atoms with Crippen molar-refractivity contribution in [3.8, 4) is 23.0 Å². The van der Waals surface area contributed by atoms with Gasteiger partial charge < -0.3 is 10.2 Å². The number of aromatic nitrogens is 3. The summed E-state index contributed by atoms with van der Waals surface area (Å²) in [5, 5.41) is 15.0. The Morgan fingerprint density at radius 2 is 2.00 bits per heavy atom. The average molecular weight is 416 g/mol. The van der Waals surface area contributed by atoms with Crippen LogP contribution < -0.4 is 10.9 Å². The molecule has 2 aromatic heterocycles. The Bertz CT molecular complexity index is 1190. The number of hydrogen-bond donors (Lipinski definition) is 2. The van der Waals surface area contributed by atoms with Gasteiger partial charge in [0.05, 0.1) is 22.8 Å². The van der Waals surface area contributed by atoms with Gasteiger partial charge in [0.25, 0.3) is 11.5 Å². The first-order chi connectivity index (χ1) is 15.0. The van der Waals surface area contributed by atoms with Crippen LogP contribution in [0, 0.1) is 18.3 Å². The van der Waals surface area contributed by atoms with Gasteiger partial charge in [-0.05, 0) is 75.3 Å². The summed E-state index contributed by atoms with van der Waals surface area (Å²) < 4.78 is 1.34. The van der Waals surface area contributed by atoms with Crippen LogP contribution in [0.1, 0.15) is 34.3 Å². The van der Waals surface area contributed by atoms with Gasteiger partial charge >= 0.3 is 0 Å². The second-order valence-corrected chi connectivity index (χ2v) is 7.93. The van der Waals surface area contributed by atoms with Crippen LogP contribution in [0.15, 0.2) is 47.5 Å². The van der Waals surface area contributed by atoms with E-state index in [9.17, 15) is 9.59 Å². The van der Waals surface area contributed by atoms with Crippen LogP contribution in [0.5, 0.6) is 0 Å². The molecule has 158 valence electrons. The predicted octanol–water partition coefficient (Wildman–Crippen LogP) is 2.23. The van der Waals surface area contributed by atoms with Crippen molar-refractivity contribution in [2.45, 2.75) is 25.8 Å². The third-order valence-corrected chi connectivity index (χ3v) is 5.71. The van der Waals surface area contributed by atoms with Gasteiger partial charge in [-0.25, -0.2) is 9.67 Å². The van der Waals surface area contributed by atoms with E-state index in [0.29, 0.717) is 22.5 Å². The van der Waals surface area contributed by atoms with Crippen LogP contribution in [0.4, 0.5) is 0 Å². The van der Waals surface area contributed by atoms with Crippen LogP contribution >= 0.6 is 0 Å². The number of aryl methyl sites for hydroxylation is 1. The first-order valence-electron chi connectivity index (χ1n) is 10.2. The van der Waals surface area contributed by atoms with Crippen LogP contribution in [0.3, 0.4) is 0 Å². The van der Waals surface area contributed by atoms with Crippen molar-refractivity contribution in [3.63, 3.8) is 0 Å². The molecule has 8 heteroatoms. The molecule has 1 aliphatic heterocycles. The van der Waals surface area contributed by atoms with Crippen LogP contribution in [-0.4, -0.2) is 51.8 Å². The number of pyridine rings is 1. The highest BCUT2D eigenvalue weighted by Crippen LogP contribution is 2.21. The number of hydrogen-bond acceptors (Lipinski definition) is 5. The summed E-state index contributed by atoms with van der Waals surface area (Å²) in [5.74, 6) is 0.250. The first-order valence-corrected chi connectivity index (χ1v) is 10.2. The molecule has 1 fully saturated rings. The van der Waals surface area contributed by atoms with Crippen LogP contribution in [0.25, 0.3) is 16.9 Å². The summed E-state index contributed by atoms with van der Waals surface area (Å²) in [4.78, 5) is 32.0. The Kier molecular flexibility index (Phi) is 5.69. The number of rotatable bonds is 4. The molecule has 3 aromatic rings. The minimum atomic E-state index is -0.246. The van der Waals surface area contributed by atoms with Crippen LogP contribution in [0.2, 0.25) is 0 Å². The zero-order valence-electron chi connectivity index (χ0n) is 17.6. The second-order valence-electron chi connectivity index (χ2n) is 7.93. The van der Waals surface area contributed by atoms with Gasteiger partial charge in [0, 0.05) is 18.4 Å². The van der Waals surface area contributed by atoms with Crippen LogP contribution in [-0.2, 0) is 0 Å².